The Hall–Kier alpha value is -1.88. The highest BCUT2D eigenvalue weighted by Gasteiger charge is 2.24. The molecule has 0 spiro atoms. The Balaban J connectivity index is 2.65. The van der Waals surface area contributed by atoms with Crippen LogP contribution >= 0.6 is 15.9 Å². The van der Waals surface area contributed by atoms with E-state index in [1.54, 1.807) is 31.3 Å². The molecule has 5 heteroatoms. The lowest BCUT2D eigenvalue weighted by molar-refractivity contribution is -0.143. The van der Waals surface area contributed by atoms with Crippen LogP contribution in [0.15, 0.2) is 51.9 Å². The fraction of sp³-hybridized carbons (Fsp3) is 0.200. The minimum absolute atomic E-state index is 0.215. The van der Waals surface area contributed by atoms with Gasteiger partial charge >= 0.3 is 5.97 Å². The number of ether oxygens (including phenoxy) is 1. The molecular weight excluding hydrogens is 322 g/mol. The Kier molecular flexibility index (Phi) is 4.39. The molecule has 1 unspecified atom stereocenters. The van der Waals surface area contributed by atoms with Crippen molar-refractivity contribution in [2.75, 3.05) is 7.11 Å². The van der Waals surface area contributed by atoms with Crippen molar-refractivity contribution >= 4 is 21.9 Å². The largest absolute Gasteiger partial charge is 0.467 e. The average Bonchev–Trinajstić information content (AvgIpc) is 2.45. The van der Waals surface area contributed by atoms with Crippen molar-refractivity contribution in [1.29, 1.82) is 0 Å². The second-order valence-corrected chi connectivity index (χ2v) is 5.31. The van der Waals surface area contributed by atoms with Crippen LogP contribution in [-0.4, -0.2) is 17.6 Å². The summed E-state index contributed by atoms with van der Waals surface area (Å²) in [4.78, 5) is 24.4. The molecule has 0 fully saturated rings. The molecule has 1 heterocycles. The maximum absolute atomic E-state index is 12.3. The number of carbonyl (C=O) groups excluding carboxylic acids is 1. The number of hydrogen-bond donors (Lipinski definition) is 0. The monoisotopic (exact) mass is 335 g/mol. The van der Waals surface area contributed by atoms with Crippen molar-refractivity contribution < 1.29 is 9.53 Å². The molecule has 104 valence electrons. The minimum atomic E-state index is -0.787. The molecule has 20 heavy (non-hydrogen) atoms. The number of rotatable bonds is 3. The van der Waals surface area contributed by atoms with Crippen LogP contribution in [0.4, 0.5) is 0 Å². The maximum atomic E-state index is 12.3. The van der Waals surface area contributed by atoms with Gasteiger partial charge in [-0.05, 0) is 34.5 Å². The first-order valence-corrected chi connectivity index (χ1v) is 6.85. The molecule has 0 aliphatic rings. The molecule has 0 amide bonds. The SMILES string of the molecule is COC(=O)C(c1ccccc1)n1cc(Br)cc(C)c1=O. The lowest BCUT2D eigenvalue weighted by Crippen LogP contribution is -2.32. The fourth-order valence-electron chi connectivity index (χ4n) is 2.05. The molecular formula is C15H14BrNO3. The Morgan fingerprint density at radius 2 is 1.95 bits per heavy atom. The van der Waals surface area contributed by atoms with Gasteiger partial charge in [0.05, 0.1) is 7.11 Å². The van der Waals surface area contributed by atoms with E-state index in [4.69, 9.17) is 4.74 Å². The zero-order valence-corrected chi connectivity index (χ0v) is 12.8. The van der Waals surface area contributed by atoms with Gasteiger partial charge in [-0.25, -0.2) is 4.79 Å². The third kappa shape index (κ3) is 2.82. The van der Waals surface area contributed by atoms with E-state index in [2.05, 4.69) is 15.9 Å². The maximum Gasteiger partial charge on any atom is 0.333 e. The molecule has 4 nitrogen and oxygen atoms in total. The van der Waals surface area contributed by atoms with Gasteiger partial charge in [-0.15, -0.1) is 0 Å². The van der Waals surface area contributed by atoms with Gasteiger partial charge in [0.1, 0.15) is 0 Å². The summed E-state index contributed by atoms with van der Waals surface area (Å²) < 4.78 is 6.97. The molecule has 0 aliphatic heterocycles. The van der Waals surface area contributed by atoms with Gasteiger partial charge in [-0.2, -0.15) is 0 Å². The summed E-state index contributed by atoms with van der Waals surface area (Å²) in [5.41, 5.74) is 1.05. The van der Waals surface area contributed by atoms with E-state index in [9.17, 15) is 9.59 Å². The van der Waals surface area contributed by atoms with Gasteiger partial charge < -0.3 is 4.74 Å². The Morgan fingerprint density at radius 3 is 2.55 bits per heavy atom. The van der Waals surface area contributed by atoms with Gasteiger partial charge in [0.2, 0.25) is 0 Å². The minimum Gasteiger partial charge on any atom is -0.467 e. The molecule has 0 bridgehead atoms. The standard InChI is InChI=1S/C15H14BrNO3/c1-10-8-12(16)9-17(14(10)18)13(15(19)20-2)11-6-4-3-5-7-11/h3-9,13H,1-2H3. The van der Waals surface area contributed by atoms with E-state index in [0.29, 0.717) is 11.1 Å². The second kappa shape index (κ2) is 6.05. The van der Waals surface area contributed by atoms with Crippen molar-refractivity contribution in [2.24, 2.45) is 0 Å². The Morgan fingerprint density at radius 1 is 1.30 bits per heavy atom. The van der Waals surface area contributed by atoms with Crippen molar-refractivity contribution in [1.82, 2.24) is 4.57 Å². The van der Waals surface area contributed by atoms with Crippen LogP contribution in [0.25, 0.3) is 0 Å². The van der Waals surface area contributed by atoms with Crippen LogP contribution in [0.5, 0.6) is 0 Å². The highest BCUT2D eigenvalue weighted by atomic mass is 79.9. The average molecular weight is 336 g/mol. The van der Waals surface area contributed by atoms with Crippen LogP contribution in [-0.2, 0) is 9.53 Å². The number of benzene rings is 1. The molecule has 1 aromatic carbocycles. The highest BCUT2D eigenvalue weighted by Crippen LogP contribution is 2.20. The van der Waals surface area contributed by atoms with E-state index < -0.39 is 12.0 Å². The smallest absolute Gasteiger partial charge is 0.333 e. The number of methoxy groups -OCH3 is 1. The molecule has 1 atom stereocenters. The Labute approximate surface area is 125 Å². The van der Waals surface area contributed by atoms with Gasteiger partial charge in [0.15, 0.2) is 6.04 Å². The van der Waals surface area contributed by atoms with Gasteiger partial charge in [-0.3, -0.25) is 9.36 Å². The fourth-order valence-corrected chi connectivity index (χ4v) is 2.61. The van der Waals surface area contributed by atoms with E-state index in [0.717, 1.165) is 4.47 Å². The van der Waals surface area contributed by atoms with E-state index in [1.807, 2.05) is 18.2 Å². The van der Waals surface area contributed by atoms with Gasteiger partial charge in [0.25, 0.3) is 5.56 Å². The summed E-state index contributed by atoms with van der Waals surface area (Å²) >= 11 is 3.35. The lowest BCUT2D eigenvalue weighted by Gasteiger charge is -2.18. The molecule has 2 rings (SSSR count). The predicted octanol–water partition coefficient (Wildman–Crippen LogP) is 2.68. The molecule has 0 saturated carbocycles. The quantitative estimate of drug-likeness (QED) is 0.810. The summed E-state index contributed by atoms with van der Waals surface area (Å²) in [5.74, 6) is -0.476. The summed E-state index contributed by atoms with van der Waals surface area (Å²) in [5, 5.41) is 0. The number of aryl methyl sites for hydroxylation is 1. The lowest BCUT2D eigenvalue weighted by atomic mass is 10.1. The number of hydrogen-bond acceptors (Lipinski definition) is 3. The van der Waals surface area contributed by atoms with E-state index >= 15 is 0 Å². The molecule has 1 aromatic heterocycles. The number of aromatic nitrogens is 1. The molecule has 0 aliphatic carbocycles. The third-order valence-electron chi connectivity index (χ3n) is 3.01. The van der Waals surface area contributed by atoms with Crippen molar-refractivity contribution in [3.8, 4) is 0 Å². The van der Waals surface area contributed by atoms with Gasteiger partial charge in [-0.1, -0.05) is 30.3 Å². The first-order chi connectivity index (χ1) is 9.54. The number of esters is 1. The highest BCUT2D eigenvalue weighted by molar-refractivity contribution is 9.10. The topological polar surface area (TPSA) is 48.3 Å². The molecule has 0 saturated heterocycles. The van der Waals surface area contributed by atoms with Gasteiger partial charge in [0, 0.05) is 16.2 Å². The molecule has 2 aromatic rings. The summed E-state index contributed by atoms with van der Waals surface area (Å²) in [6.45, 7) is 1.71. The van der Waals surface area contributed by atoms with Crippen LogP contribution in [0.3, 0.4) is 0 Å². The molecule has 0 radical (unpaired) electrons. The number of halogens is 1. The summed E-state index contributed by atoms with van der Waals surface area (Å²) in [6, 6.07) is 10.0. The van der Waals surface area contributed by atoms with Crippen molar-refractivity contribution in [3.05, 3.63) is 68.5 Å². The zero-order valence-electron chi connectivity index (χ0n) is 11.2. The first-order valence-electron chi connectivity index (χ1n) is 6.05. The third-order valence-corrected chi connectivity index (χ3v) is 3.44. The number of nitrogens with zero attached hydrogens (tertiary/aromatic N) is 1. The summed E-state index contributed by atoms with van der Waals surface area (Å²) in [6.07, 6.45) is 1.60. The van der Waals surface area contributed by atoms with Crippen LogP contribution in [0, 0.1) is 6.92 Å². The van der Waals surface area contributed by atoms with Crippen LogP contribution in [0.2, 0.25) is 0 Å². The zero-order chi connectivity index (χ0) is 14.7. The summed E-state index contributed by atoms with van der Waals surface area (Å²) in [7, 11) is 1.31. The first kappa shape index (κ1) is 14.5. The second-order valence-electron chi connectivity index (χ2n) is 4.39. The normalized spacial score (nSPS) is 11.9. The van der Waals surface area contributed by atoms with Crippen LogP contribution < -0.4 is 5.56 Å². The van der Waals surface area contributed by atoms with E-state index in [1.165, 1.54) is 11.7 Å². The number of carbonyl (C=O) groups is 1. The predicted molar refractivity (Wildman–Crippen MR) is 79.7 cm³/mol. The van der Waals surface area contributed by atoms with E-state index in [-0.39, 0.29) is 5.56 Å². The Bertz CT molecular complexity index is 679. The molecule has 0 N–H and O–H groups in total. The number of pyridine rings is 1. The van der Waals surface area contributed by atoms with Crippen molar-refractivity contribution in [3.63, 3.8) is 0 Å². The van der Waals surface area contributed by atoms with Crippen molar-refractivity contribution in [2.45, 2.75) is 13.0 Å². The van der Waals surface area contributed by atoms with Crippen LogP contribution in [0.1, 0.15) is 17.2 Å².